The summed E-state index contributed by atoms with van der Waals surface area (Å²) in [7, 11) is 0. The highest BCUT2D eigenvalue weighted by Gasteiger charge is 2.27. The monoisotopic (exact) mass is 259 g/mol. The summed E-state index contributed by atoms with van der Waals surface area (Å²) in [6.45, 7) is 8.89. The highest BCUT2D eigenvalue weighted by molar-refractivity contribution is 5.45. The molecule has 3 heteroatoms. The lowest BCUT2D eigenvalue weighted by molar-refractivity contribution is 0.625. The molecule has 1 aliphatic carbocycles. The van der Waals surface area contributed by atoms with Gasteiger partial charge in [-0.2, -0.15) is 0 Å². The second-order valence-corrected chi connectivity index (χ2v) is 6.47. The summed E-state index contributed by atoms with van der Waals surface area (Å²) in [5.74, 6) is 1.95. The van der Waals surface area contributed by atoms with Crippen LogP contribution in [0.4, 0.5) is 5.82 Å². The molecule has 2 fully saturated rings. The van der Waals surface area contributed by atoms with Crippen molar-refractivity contribution in [3.05, 3.63) is 23.4 Å². The third-order valence-electron chi connectivity index (χ3n) is 4.25. The zero-order valence-corrected chi connectivity index (χ0v) is 12.3. The van der Waals surface area contributed by atoms with Gasteiger partial charge in [0.05, 0.1) is 0 Å². The quantitative estimate of drug-likeness (QED) is 0.901. The van der Waals surface area contributed by atoms with Crippen LogP contribution in [0.1, 0.15) is 44.4 Å². The molecule has 0 amide bonds. The van der Waals surface area contributed by atoms with Crippen LogP contribution in [0.15, 0.2) is 12.1 Å². The highest BCUT2D eigenvalue weighted by Crippen LogP contribution is 2.28. The van der Waals surface area contributed by atoms with E-state index in [2.05, 4.69) is 43.1 Å². The van der Waals surface area contributed by atoms with Crippen molar-refractivity contribution in [2.45, 2.75) is 58.7 Å². The van der Waals surface area contributed by atoms with Gasteiger partial charge in [0.2, 0.25) is 0 Å². The fraction of sp³-hybridized carbons (Fsp3) is 0.688. The van der Waals surface area contributed by atoms with Crippen LogP contribution >= 0.6 is 0 Å². The van der Waals surface area contributed by atoms with Crippen molar-refractivity contribution in [3.8, 4) is 0 Å². The van der Waals surface area contributed by atoms with Gasteiger partial charge in [-0.25, -0.2) is 4.98 Å². The predicted octanol–water partition coefficient (Wildman–Crippen LogP) is 2.88. The van der Waals surface area contributed by atoms with Crippen molar-refractivity contribution < 1.29 is 0 Å². The van der Waals surface area contributed by atoms with Crippen LogP contribution < -0.4 is 10.2 Å². The number of anilines is 1. The summed E-state index contributed by atoms with van der Waals surface area (Å²) >= 11 is 0. The first-order chi connectivity index (χ1) is 9.11. The summed E-state index contributed by atoms with van der Waals surface area (Å²) in [4.78, 5) is 7.21. The van der Waals surface area contributed by atoms with Gasteiger partial charge in [-0.1, -0.05) is 6.92 Å². The molecular weight excluding hydrogens is 234 g/mol. The third-order valence-corrected chi connectivity index (χ3v) is 4.25. The van der Waals surface area contributed by atoms with Crippen LogP contribution in [0, 0.1) is 12.8 Å². The zero-order chi connectivity index (χ0) is 13.4. The largest absolute Gasteiger partial charge is 0.354 e. The molecule has 3 rings (SSSR count). The molecule has 0 bridgehead atoms. The van der Waals surface area contributed by atoms with E-state index in [0.29, 0.717) is 6.04 Å². The number of aryl methyl sites for hydroxylation is 1. The number of pyridine rings is 1. The van der Waals surface area contributed by atoms with Crippen molar-refractivity contribution in [2.75, 3.05) is 11.4 Å². The SMILES string of the molecule is Cc1cc(CNC2CC2)cc(N2CC(C)CC2C)n1. The Morgan fingerprint density at radius 1 is 1.32 bits per heavy atom. The van der Waals surface area contributed by atoms with Crippen LogP contribution in [0.2, 0.25) is 0 Å². The first-order valence-electron chi connectivity index (χ1n) is 7.59. The Morgan fingerprint density at radius 3 is 2.74 bits per heavy atom. The number of hydrogen-bond acceptors (Lipinski definition) is 3. The molecule has 2 atom stereocenters. The van der Waals surface area contributed by atoms with Crippen LogP contribution in [-0.4, -0.2) is 23.6 Å². The molecule has 104 valence electrons. The Bertz CT molecular complexity index is 453. The zero-order valence-electron chi connectivity index (χ0n) is 12.3. The Kier molecular flexibility index (Phi) is 3.48. The smallest absolute Gasteiger partial charge is 0.129 e. The van der Waals surface area contributed by atoms with Gasteiger partial charge in [-0.05, 0) is 56.7 Å². The average molecular weight is 259 g/mol. The second kappa shape index (κ2) is 5.12. The van der Waals surface area contributed by atoms with Crippen molar-refractivity contribution in [2.24, 2.45) is 5.92 Å². The number of nitrogens with zero attached hydrogens (tertiary/aromatic N) is 2. The molecule has 1 aliphatic heterocycles. The molecule has 19 heavy (non-hydrogen) atoms. The summed E-state index contributed by atoms with van der Waals surface area (Å²) in [6.07, 6.45) is 3.97. The molecule has 0 spiro atoms. The molecule has 1 saturated carbocycles. The van der Waals surface area contributed by atoms with Gasteiger partial charge in [0.1, 0.15) is 5.82 Å². The van der Waals surface area contributed by atoms with Gasteiger partial charge in [-0.3, -0.25) is 0 Å². The number of rotatable bonds is 4. The van der Waals surface area contributed by atoms with Crippen molar-refractivity contribution in [1.82, 2.24) is 10.3 Å². The molecule has 1 aromatic rings. The molecule has 1 N–H and O–H groups in total. The molecule has 1 aromatic heterocycles. The Balaban J connectivity index is 1.76. The number of nitrogens with one attached hydrogen (secondary N) is 1. The molecule has 2 unspecified atom stereocenters. The minimum Gasteiger partial charge on any atom is -0.354 e. The van der Waals surface area contributed by atoms with Gasteiger partial charge in [0, 0.05) is 30.9 Å². The standard InChI is InChI=1S/C16H25N3/c1-11-6-13(3)19(10-11)16-8-14(7-12(2)18-16)9-17-15-4-5-15/h7-8,11,13,15,17H,4-6,9-10H2,1-3H3. The van der Waals surface area contributed by atoms with E-state index < -0.39 is 0 Å². The van der Waals surface area contributed by atoms with Gasteiger partial charge in [0.25, 0.3) is 0 Å². The summed E-state index contributed by atoms with van der Waals surface area (Å²) < 4.78 is 0. The van der Waals surface area contributed by atoms with Crippen molar-refractivity contribution >= 4 is 5.82 Å². The van der Waals surface area contributed by atoms with Gasteiger partial charge in [0.15, 0.2) is 0 Å². The van der Waals surface area contributed by atoms with E-state index >= 15 is 0 Å². The lowest BCUT2D eigenvalue weighted by atomic mass is 10.1. The van der Waals surface area contributed by atoms with E-state index in [9.17, 15) is 0 Å². The maximum absolute atomic E-state index is 4.74. The molecule has 3 nitrogen and oxygen atoms in total. The summed E-state index contributed by atoms with van der Waals surface area (Å²) in [6, 6.07) is 5.87. The van der Waals surface area contributed by atoms with Gasteiger partial charge >= 0.3 is 0 Å². The van der Waals surface area contributed by atoms with E-state index in [1.165, 1.54) is 30.6 Å². The highest BCUT2D eigenvalue weighted by atomic mass is 15.2. The average Bonchev–Trinajstić information content (AvgIpc) is 3.11. The molecule has 0 radical (unpaired) electrons. The Labute approximate surface area is 116 Å². The van der Waals surface area contributed by atoms with Crippen molar-refractivity contribution in [3.63, 3.8) is 0 Å². The third kappa shape index (κ3) is 3.08. The minimum atomic E-state index is 0.619. The van der Waals surface area contributed by atoms with Crippen molar-refractivity contribution in [1.29, 1.82) is 0 Å². The minimum absolute atomic E-state index is 0.619. The summed E-state index contributed by atoms with van der Waals surface area (Å²) in [5.41, 5.74) is 2.51. The second-order valence-electron chi connectivity index (χ2n) is 6.47. The Morgan fingerprint density at radius 2 is 2.11 bits per heavy atom. The lowest BCUT2D eigenvalue weighted by Crippen LogP contribution is -2.28. The van der Waals surface area contributed by atoms with Crippen LogP contribution in [0.3, 0.4) is 0 Å². The van der Waals surface area contributed by atoms with E-state index in [-0.39, 0.29) is 0 Å². The number of hydrogen-bond donors (Lipinski definition) is 1. The molecule has 0 aromatic carbocycles. The maximum Gasteiger partial charge on any atom is 0.129 e. The first kappa shape index (κ1) is 12.9. The fourth-order valence-corrected chi connectivity index (χ4v) is 3.14. The van der Waals surface area contributed by atoms with Gasteiger partial charge < -0.3 is 10.2 Å². The normalized spacial score (nSPS) is 27.0. The molecule has 2 aliphatic rings. The Hall–Kier alpha value is -1.09. The molecule has 2 heterocycles. The van der Waals surface area contributed by atoms with Gasteiger partial charge in [-0.15, -0.1) is 0 Å². The van der Waals surface area contributed by atoms with E-state index in [0.717, 1.165) is 30.7 Å². The fourth-order valence-electron chi connectivity index (χ4n) is 3.14. The lowest BCUT2D eigenvalue weighted by Gasteiger charge is -2.23. The summed E-state index contributed by atoms with van der Waals surface area (Å²) in [5, 5.41) is 3.59. The molecular formula is C16H25N3. The van der Waals surface area contributed by atoms with Crippen LogP contribution in [0.5, 0.6) is 0 Å². The van der Waals surface area contributed by atoms with E-state index in [1.807, 2.05) is 0 Å². The van der Waals surface area contributed by atoms with Crippen LogP contribution in [-0.2, 0) is 6.54 Å². The first-order valence-corrected chi connectivity index (χ1v) is 7.59. The predicted molar refractivity (Wildman–Crippen MR) is 79.4 cm³/mol. The topological polar surface area (TPSA) is 28.2 Å². The van der Waals surface area contributed by atoms with E-state index in [1.54, 1.807) is 0 Å². The van der Waals surface area contributed by atoms with Crippen LogP contribution in [0.25, 0.3) is 0 Å². The maximum atomic E-state index is 4.74. The number of aromatic nitrogens is 1. The molecule has 1 saturated heterocycles. The van der Waals surface area contributed by atoms with E-state index in [4.69, 9.17) is 4.98 Å².